The second-order valence-corrected chi connectivity index (χ2v) is 5.12. The Kier molecular flexibility index (Phi) is 5.38. The van der Waals surface area contributed by atoms with Gasteiger partial charge in [-0.1, -0.05) is 6.07 Å². The van der Waals surface area contributed by atoms with Crippen LogP contribution in [0.3, 0.4) is 0 Å². The van der Waals surface area contributed by atoms with E-state index in [4.69, 9.17) is 17.0 Å². The number of nitro benzene ring substituents is 1. The zero-order chi connectivity index (χ0) is 17.7. The third-order valence-electron chi connectivity index (χ3n) is 2.99. The van der Waals surface area contributed by atoms with Crippen molar-refractivity contribution < 1.29 is 14.5 Å². The summed E-state index contributed by atoms with van der Waals surface area (Å²) >= 11 is 5.05. The molecule has 2 rings (SSSR count). The summed E-state index contributed by atoms with van der Waals surface area (Å²) in [6, 6.07) is 9.21. The number of amides is 1. The monoisotopic (exact) mass is 346 g/mol. The highest BCUT2D eigenvalue weighted by atomic mass is 32.1. The smallest absolute Gasteiger partial charge is 0.311 e. The van der Waals surface area contributed by atoms with Gasteiger partial charge < -0.3 is 10.1 Å². The van der Waals surface area contributed by atoms with Crippen molar-refractivity contribution in [3.05, 3.63) is 57.8 Å². The van der Waals surface area contributed by atoms with Gasteiger partial charge in [-0.25, -0.2) is 4.98 Å². The van der Waals surface area contributed by atoms with Gasteiger partial charge in [0, 0.05) is 17.3 Å². The highest BCUT2D eigenvalue weighted by Gasteiger charge is 2.18. The van der Waals surface area contributed by atoms with Gasteiger partial charge in [-0.15, -0.1) is 0 Å². The zero-order valence-corrected chi connectivity index (χ0v) is 13.7. The first-order valence-corrected chi connectivity index (χ1v) is 7.20. The lowest BCUT2D eigenvalue weighted by atomic mass is 10.2. The highest BCUT2D eigenvalue weighted by Crippen LogP contribution is 2.27. The Morgan fingerprint density at radius 3 is 2.71 bits per heavy atom. The van der Waals surface area contributed by atoms with E-state index < -0.39 is 10.8 Å². The van der Waals surface area contributed by atoms with Crippen LogP contribution in [-0.2, 0) is 0 Å². The van der Waals surface area contributed by atoms with Crippen molar-refractivity contribution in [1.82, 2.24) is 10.3 Å². The molecule has 0 aliphatic rings. The zero-order valence-electron chi connectivity index (χ0n) is 12.9. The van der Waals surface area contributed by atoms with Crippen LogP contribution in [0.5, 0.6) is 5.75 Å². The summed E-state index contributed by atoms with van der Waals surface area (Å²) in [5.41, 5.74) is 0.577. The number of rotatable bonds is 4. The molecule has 0 fully saturated rings. The molecule has 1 amide bonds. The lowest BCUT2D eigenvalue weighted by Crippen LogP contribution is -2.34. The second-order valence-electron chi connectivity index (χ2n) is 4.72. The first-order valence-electron chi connectivity index (χ1n) is 6.79. The molecule has 0 spiro atoms. The van der Waals surface area contributed by atoms with E-state index in [0.29, 0.717) is 5.82 Å². The summed E-state index contributed by atoms with van der Waals surface area (Å²) in [5, 5.41) is 16.3. The Hall–Kier alpha value is -3.07. The van der Waals surface area contributed by atoms with Crippen LogP contribution in [0.25, 0.3) is 0 Å². The van der Waals surface area contributed by atoms with Gasteiger partial charge in [0.25, 0.3) is 5.91 Å². The molecule has 0 aliphatic heterocycles. The first kappa shape index (κ1) is 17.3. The van der Waals surface area contributed by atoms with Crippen molar-refractivity contribution in [2.24, 2.45) is 0 Å². The minimum Gasteiger partial charge on any atom is -0.490 e. The van der Waals surface area contributed by atoms with Gasteiger partial charge in [0.1, 0.15) is 5.82 Å². The first-order chi connectivity index (χ1) is 11.4. The highest BCUT2D eigenvalue weighted by molar-refractivity contribution is 7.80. The summed E-state index contributed by atoms with van der Waals surface area (Å²) in [4.78, 5) is 26.7. The minimum absolute atomic E-state index is 0.0385. The molecule has 0 aliphatic carbocycles. The summed E-state index contributed by atoms with van der Waals surface area (Å²) in [7, 11) is 1.32. The van der Waals surface area contributed by atoms with Gasteiger partial charge in [0.05, 0.1) is 12.0 Å². The van der Waals surface area contributed by atoms with Crippen LogP contribution in [0.1, 0.15) is 16.1 Å². The molecule has 8 nitrogen and oxygen atoms in total. The number of anilines is 1. The number of carbonyl (C=O) groups excluding carboxylic acids is 1. The number of ether oxygens (including phenoxy) is 1. The molecule has 0 bridgehead atoms. The predicted octanol–water partition coefficient (Wildman–Crippen LogP) is 2.43. The third kappa shape index (κ3) is 4.23. The fourth-order valence-electron chi connectivity index (χ4n) is 1.91. The van der Waals surface area contributed by atoms with Crippen LogP contribution in [-0.4, -0.2) is 28.0 Å². The normalized spacial score (nSPS) is 9.92. The summed E-state index contributed by atoms with van der Waals surface area (Å²) in [6.07, 6.45) is 0. The van der Waals surface area contributed by atoms with E-state index in [9.17, 15) is 14.9 Å². The quantitative estimate of drug-likeness (QED) is 0.497. The van der Waals surface area contributed by atoms with E-state index in [1.54, 1.807) is 12.1 Å². The molecule has 2 aromatic rings. The largest absolute Gasteiger partial charge is 0.490 e. The van der Waals surface area contributed by atoms with Crippen LogP contribution >= 0.6 is 12.2 Å². The summed E-state index contributed by atoms with van der Waals surface area (Å²) in [6.45, 7) is 1.82. The maximum absolute atomic E-state index is 12.2. The maximum Gasteiger partial charge on any atom is 0.311 e. The number of thiocarbonyl (C=S) groups is 1. The lowest BCUT2D eigenvalue weighted by Gasteiger charge is -2.10. The van der Waals surface area contributed by atoms with Gasteiger partial charge in [-0.3, -0.25) is 20.2 Å². The molecule has 9 heteroatoms. The number of nitrogens with zero attached hydrogens (tertiary/aromatic N) is 2. The molecule has 0 saturated heterocycles. The molecular weight excluding hydrogens is 332 g/mol. The fraction of sp³-hybridized carbons (Fsp3) is 0.133. The van der Waals surface area contributed by atoms with E-state index in [-0.39, 0.29) is 22.1 Å². The van der Waals surface area contributed by atoms with Crippen molar-refractivity contribution in [2.45, 2.75) is 6.92 Å². The van der Waals surface area contributed by atoms with E-state index in [0.717, 1.165) is 11.8 Å². The number of nitrogens with one attached hydrogen (secondary N) is 2. The number of pyridine rings is 1. The molecule has 124 valence electrons. The summed E-state index contributed by atoms with van der Waals surface area (Å²) in [5.74, 6) is -0.0203. The molecule has 0 atom stereocenters. The van der Waals surface area contributed by atoms with Crippen LogP contribution in [0.15, 0.2) is 36.4 Å². The number of aromatic nitrogens is 1. The Morgan fingerprint density at radius 1 is 1.33 bits per heavy atom. The standard InChI is InChI=1S/C15H14N4O4S/c1-9-4-3-5-13(16-9)17-15(24)18-14(20)10-6-7-12(23-2)11(8-10)19(21)22/h3-8H,1-2H3,(H2,16,17,18,20,24). The van der Waals surface area contributed by atoms with Crippen molar-refractivity contribution in [1.29, 1.82) is 0 Å². The van der Waals surface area contributed by atoms with Gasteiger partial charge in [-0.2, -0.15) is 0 Å². The summed E-state index contributed by atoms with van der Waals surface area (Å²) < 4.78 is 4.89. The predicted molar refractivity (Wildman–Crippen MR) is 92.3 cm³/mol. The van der Waals surface area contributed by atoms with Crippen LogP contribution in [0.2, 0.25) is 0 Å². The number of methoxy groups -OCH3 is 1. The van der Waals surface area contributed by atoms with E-state index >= 15 is 0 Å². The Morgan fingerprint density at radius 2 is 2.08 bits per heavy atom. The van der Waals surface area contributed by atoms with E-state index in [2.05, 4.69) is 15.6 Å². The minimum atomic E-state index is -0.622. The molecular formula is C15H14N4O4S. The Bertz CT molecular complexity index is 810. The van der Waals surface area contributed by atoms with Crippen molar-refractivity contribution >= 4 is 34.7 Å². The fourth-order valence-corrected chi connectivity index (χ4v) is 2.11. The number of nitro groups is 1. The van der Waals surface area contributed by atoms with Crippen molar-refractivity contribution in [2.75, 3.05) is 12.4 Å². The SMILES string of the molecule is COc1ccc(C(=O)NC(=S)Nc2cccc(C)n2)cc1[N+](=O)[O-]. The molecule has 0 saturated carbocycles. The number of hydrogen-bond donors (Lipinski definition) is 2. The van der Waals surface area contributed by atoms with Gasteiger partial charge in [0.2, 0.25) is 0 Å². The Balaban J connectivity index is 2.10. The number of aryl methyl sites for hydroxylation is 1. The van der Waals surface area contributed by atoms with E-state index in [1.807, 2.05) is 13.0 Å². The van der Waals surface area contributed by atoms with E-state index in [1.165, 1.54) is 19.2 Å². The molecule has 24 heavy (non-hydrogen) atoms. The number of benzene rings is 1. The number of carbonyl (C=O) groups is 1. The lowest BCUT2D eigenvalue weighted by molar-refractivity contribution is -0.385. The second kappa shape index (κ2) is 7.47. The van der Waals surface area contributed by atoms with Gasteiger partial charge in [-0.05, 0) is 43.4 Å². The molecule has 2 N–H and O–H groups in total. The van der Waals surface area contributed by atoms with Crippen LogP contribution in [0, 0.1) is 17.0 Å². The number of hydrogen-bond acceptors (Lipinski definition) is 6. The molecule has 1 heterocycles. The average molecular weight is 346 g/mol. The van der Waals surface area contributed by atoms with Crippen LogP contribution < -0.4 is 15.4 Å². The van der Waals surface area contributed by atoms with Crippen LogP contribution in [0.4, 0.5) is 11.5 Å². The molecule has 0 radical (unpaired) electrons. The van der Waals surface area contributed by atoms with Crippen molar-refractivity contribution in [3.8, 4) is 5.75 Å². The topological polar surface area (TPSA) is 106 Å². The molecule has 1 aromatic carbocycles. The molecule has 0 unspecified atom stereocenters. The third-order valence-corrected chi connectivity index (χ3v) is 3.20. The Labute approximate surface area is 143 Å². The van der Waals surface area contributed by atoms with Crippen molar-refractivity contribution in [3.63, 3.8) is 0 Å². The average Bonchev–Trinajstić information content (AvgIpc) is 2.53. The van der Waals surface area contributed by atoms with Gasteiger partial charge >= 0.3 is 5.69 Å². The van der Waals surface area contributed by atoms with Gasteiger partial charge in [0.15, 0.2) is 10.9 Å². The molecule has 1 aromatic heterocycles. The maximum atomic E-state index is 12.2.